The zero-order valence-corrected chi connectivity index (χ0v) is 22.4. The van der Waals surface area contributed by atoms with Crippen LogP contribution >= 0.6 is 24.0 Å². The second-order valence-corrected chi connectivity index (χ2v) is 8.20. The second kappa shape index (κ2) is 13.3. The largest absolute Gasteiger partial charge is 0.495 e. The summed E-state index contributed by atoms with van der Waals surface area (Å²) in [4.78, 5) is 16.2. The summed E-state index contributed by atoms with van der Waals surface area (Å²) >= 11 is 0. The number of halogens is 1. The van der Waals surface area contributed by atoms with E-state index in [9.17, 15) is 4.79 Å². The molecule has 2 aromatic carbocycles. The van der Waals surface area contributed by atoms with E-state index in [0.29, 0.717) is 18.0 Å². The van der Waals surface area contributed by atoms with Crippen molar-refractivity contribution in [1.29, 1.82) is 0 Å². The number of nitrogens with one attached hydrogen (secondary N) is 3. The summed E-state index contributed by atoms with van der Waals surface area (Å²) in [7, 11) is 1.59. The van der Waals surface area contributed by atoms with Gasteiger partial charge in [-0.15, -0.1) is 24.0 Å². The molecule has 0 unspecified atom stereocenters. The zero-order valence-electron chi connectivity index (χ0n) is 20.0. The number of nitrogens with zero attached hydrogens (tertiary/aromatic N) is 1. The number of rotatable bonds is 9. The molecule has 0 aliphatic rings. The molecule has 32 heavy (non-hydrogen) atoms. The highest BCUT2D eigenvalue weighted by Crippen LogP contribution is 2.26. The third kappa shape index (κ3) is 8.33. The molecule has 2 rings (SSSR count). The summed E-state index contributed by atoms with van der Waals surface area (Å²) in [5, 5.41) is 9.59. The molecule has 0 aliphatic heterocycles. The lowest BCUT2D eigenvalue weighted by Crippen LogP contribution is -2.43. The number of aryl methyl sites for hydroxylation is 1. The maximum Gasteiger partial charge on any atom is 0.221 e. The number of benzene rings is 2. The molecule has 1 amide bonds. The number of hydrogen-bond donors (Lipinski definition) is 3. The minimum absolute atomic E-state index is 0. The SMILES string of the molecule is CCNC(=NCc1ccc(OC)c(NC(C)=O)c1)NCC(C)(C)c1ccc(CC)cc1.I. The highest BCUT2D eigenvalue weighted by Gasteiger charge is 2.21. The van der Waals surface area contributed by atoms with Crippen LogP contribution in [-0.4, -0.2) is 32.1 Å². The smallest absolute Gasteiger partial charge is 0.221 e. The van der Waals surface area contributed by atoms with Gasteiger partial charge in [0.25, 0.3) is 0 Å². The van der Waals surface area contributed by atoms with Crippen LogP contribution in [0.3, 0.4) is 0 Å². The van der Waals surface area contributed by atoms with Gasteiger partial charge < -0.3 is 20.7 Å². The summed E-state index contributed by atoms with van der Waals surface area (Å²) in [5.74, 6) is 1.25. The second-order valence-electron chi connectivity index (χ2n) is 8.20. The predicted octanol–water partition coefficient (Wildman–Crippen LogP) is 4.87. The molecule has 0 spiro atoms. The number of ether oxygens (including phenoxy) is 1. The standard InChI is InChI=1S/C25H36N4O2.HI/c1-7-19-9-12-21(13-10-19)25(4,5)17-28-24(26-8-2)27-16-20-11-14-23(31-6)22(15-20)29-18(3)30;/h9-15H,7-8,16-17H2,1-6H3,(H,29,30)(H2,26,27,28);1H. The van der Waals surface area contributed by atoms with E-state index in [1.807, 2.05) is 25.1 Å². The maximum absolute atomic E-state index is 11.5. The average Bonchev–Trinajstić information content (AvgIpc) is 2.75. The lowest BCUT2D eigenvalue weighted by atomic mass is 9.84. The molecule has 0 aliphatic carbocycles. The van der Waals surface area contributed by atoms with Crippen molar-refractivity contribution in [2.24, 2.45) is 4.99 Å². The van der Waals surface area contributed by atoms with Gasteiger partial charge in [-0.25, -0.2) is 4.99 Å². The molecule has 0 saturated heterocycles. The highest BCUT2D eigenvalue weighted by molar-refractivity contribution is 14.0. The van der Waals surface area contributed by atoms with Gasteiger partial charge in [-0.2, -0.15) is 0 Å². The fourth-order valence-electron chi connectivity index (χ4n) is 3.25. The summed E-state index contributed by atoms with van der Waals surface area (Å²) in [6.07, 6.45) is 1.05. The van der Waals surface area contributed by atoms with Crippen molar-refractivity contribution in [2.75, 3.05) is 25.5 Å². The van der Waals surface area contributed by atoms with Crippen molar-refractivity contribution in [3.63, 3.8) is 0 Å². The van der Waals surface area contributed by atoms with Gasteiger partial charge in [-0.1, -0.05) is 51.1 Å². The maximum atomic E-state index is 11.5. The van der Waals surface area contributed by atoms with E-state index < -0.39 is 0 Å². The average molecular weight is 553 g/mol. The van der Waals surface area contributed by atoms with E-state index in [-0.39, 0.29) is 35.3 Å². The number of anilines is 1. The fraction of sp³-hybridized carbons (Fsp3) is 0.440. The minimum Gasteiger partial charge on any atom is -0.495 e. The van der Waals surface area contributed by atoms with Gasteiger partial charge >= 0.3 is 0 Å². The van der Waals surface area contributed by atoms with Gasteiger partial charge in [-0.3, -0.25) is 4.79 Å². The van der Waals surface area contributed by atoms with Crippen LogP contribution in [0.25, 0.3) is 0 Å². The van der Waals surface area contributed by atoms with E-state index in [2.05, 4.69) is 61.0 Å². The molecule has 6 nitrogen and oxygen atoms in total. The van der Waals surface area contributed by atoms with E-state index in [4.69, 9.17) is 9.73 Å². The zero-order chi connectivity index (χ0) is 22.9. The lowest BCUT2D eigenvalue weighted by molar-refractivity contribution is -0.114. The highest BCUT2D eigenvalue weighted by atomic mass is 127. The number of amides is 1. The van der Waals surface area contributed by atoms with Gasteiger partial charge in [0.2, 0.25) is 5.91 Å². The first-order valence-electron chi connectivity index (χ1n) is 10.8. The summed E-state index contributed by atoms with van der Waals surface area (Å²) in [6, 6.07) is 14.5. The molecule has 0 radical (unpaired) electrons. The number of aliphatic imine (C=N–C) groups is 1. The van der Waals surface area contributed by atoms with E-state index in [1.54, 1.807) is 7.11 Å². The Bertz CT molecular complexity index is 895. The summed E-state index contributed by atoms with van der Waals surface area (Å²) < 4.78 is 5.32. The van der Waals surface area contributed by atoms with Crippen LogP contribution in [0.15, 0.2) is 47.5 Å². The van der Waals surface area contributed by atoms with Crippen LogP contribution in [0.5, 0.6) is 5.75 Å². The quantitative estimate of drug-likeness (QED) is 0.236. The van der Waals surface area contributed by atoms with E-state index in [1.165, 1.54) is 18.1 Å². The molecule has 7 heteroatoms. The van der Waals surface area contributed by atoms with Gasteiger partial charge in [0.05, 0.1) is 19.3 Å². The molecular weight excluding hydrogens is 515 g/mol. The first kappa shape index (κ1) is 27.7. The molecule has 0 fully saturated rings. The molecule has 0 atom stereocenters. The van der Waals surface area contributed by atoms with Crippen LogP contribution in [0.2, 0.25) is 0 Å². The molecular formula is C25H37IN4O2. The van der Waals surface area contributed by atoms with Crippen LogP contribution in [0, 0.1) is 0 Å². The fourth-order valence-corrected chi connectivity index (χ4v) is 3.25. The molecule has 0 aromatic heterocycles. The number of carbonyl (C=O) groups excluding carboxylic acids is 1. The van der Waals surface area contributed by atoms with Gasteiger partial charge in [0.15, 0.2) is 5.96 Å². The van der Waals surface area contributed by atoms with Crippen molar-refractivity contribution in [1.82, 2.24) is 10.6 Å². The van der Waals surface area contributed by atoms with Crippen LogP contribution in [-0.2, 0) is 23.2 Å². The van der Waals surface area contributed by atoms with Crippen molar-refractivity contribution in [2.45, 2.75) is 53.0 Å². The Hall–Kier alpha value is -2.29. The predicted molar refractivity (Wildman–Crippen MR) is 144 cm³/mol. The van der Waals surface area contributed by atoms with Crippen molar-refractivity contribution < 1.29 is 9.53 Å². The summed E-state index contributed by atoms with van der Waals surface area (Å²) in [6.45, 7) is 12.2. The van der Waals surface area contributed by atoms with Crippen LogP contribution in [0.1, 0.15) is 51.3 Å². The molecule has 2 aromatic rings. The molecule has 0 saturated carbocycles. The Morgan fingerprint density at radius 1 is 1.03 bits per heavy atom. The molecule has 176 valence electrons. The number of methoxy groups -OCH3 is 1. The van der Waals surface area contributed by atoms with E-state index >= 15 is 0 Å². The van der Waals surface area contributed by atoms with Crippen LogP contribution in [0.4, 0.5) is 5.69 Å². The van der Waals surface area contributed by atoms with Gasteiger partial charge in [-0.05, 0) is 42.2 Å². The van der Waals surface area contributed by atoms with Crippen molar-refractivity contribution >= 4 is 41.5 Å². The number of carbonyl (C=O) groups is 1. The first-order valence-corrected chi connectivity index (χ1v) is 10.8. The third-order valence-electron chi connectivity index (χ3n) is 5.18. The lowest BCUT2D eigenvalue weighted by Gasteiger charge is -2.27. The number of guanidine groups is 1. The van der Waals surface area contributed by atoms with Gasteiger partial charge in [0, 0.05) is 25.4 Å². The first-order chi connectivity index (χ1) is 14.8. The van der Waals surface area contributed by atoms with Crippen molar-refractivity contribution in [3.8, 4) is 5.75 Å². The minimum atomic E-state index is -0.136. The Kier molecular flexibility index (Phi) is 11.5. The monoisotopic (exact) mass is 552 g/mol. The number of hydrogen-bond acceptors (Lipinski definition) is 3. The third-order valence-corrected chi connectivity index (χ3v) is 5.18. The van der Waals surface area contributed by atoms with Gasteiger partial charge in [0.1, 0.15) is 5.75 Å². The Labute approximate surface area is 209 Å². The molecule has 0 heterocycles. The normalized spacial score (nSPS) is 11.4. The Morgan fingerprint density at radius 3 is 2.25 bits per heavy atom. The summed E-state index contributed by atoms with van der Waals surface area (Å²) in [5.41, 5.74) is 4.23. The Morgan fingerprint density at radius 2 is 1.69 bits per heavy atom. The topological polar surface area (TPSA) is 74.8 Å². The molecule has 3 N–H and O–H groups in total. The molecule has 0 bridgehead atoms. The van der Waals surface area contributed by atoms with Crippen LogP contribution < -0.4 is 20.7 Å². The van der Waals surface area contributed by atoms with E-state index in [0.717, 1.165) is 31.0 Å². The Balaban J connectivity index is 0.00000512. The van der Waals surface area contributed by atoms with Crippen molar-refractivity contribution in [3.05, 3.63) is 59.2 Å².